The van der Waals surface area contributed by atoms with Crippen LogP contribution in [0.5, 0.6) is 0 Å². The third-order valence-corrected chi connectivity index (χ3v) is 4.42. The fourth-order valence-corrected chi connectivity index (χ4v) is 3.05. The van der Waals surface area contributed by atoms with Crippen LogP contribution in [-0.2, 0) is 6.54 Å². The molecule has 3 nitrogen and oxygen atoms in total. The summed E-state index contributed by atoms with van der Waals surface area (Å²) >= 11 is 0. The van der Waals surface area contributed by atoms with Gasteiger partial charge in [0.15, 0.2) is 0 Å². The predicted octanol–water partition coefficient (Wildman–Crippen LogP) is 4.45. The van der Waals surface area contributed by atoms with E-state index in [0.29, 0.717) is 11.3 Å². The number of amides is 1. The third kappa shape index (κ3) is 4.65. The van der Waals surface area contributed by atoms with E-state index in [0.717, 1.165) is 19.6 Å². The van der Waals surface area contributed by atoms with E-state index in [2.05, 4.69) is 10.2 Å². The number of likely N-dealkylation sites (tertiary alicyclic amines) is 1. The van der Waals surface area contributed by atoms with Crippen LogP contribution in [0.15, 0.2) is 48.5 Å². The summed E-state index contributed by atoms with van der Waals surface area (Å²) in [6.07, 6.45) is 5.22. The van der Waals surface area contributed by atoms with E-state index in [9.17, 15) is 9.18 Å². The zero-order valence-electron chi connectivity index (χ0n) is 13.8. The summed E-state index contributed by atoms with van der Waals surface area (Å²) in [5.41, 5.74) is 2.43. The molecule has 1 N–H and O–H groups in total. The first-order valence-electron chi connectivity index (χ1n) is 8.59. The molecule has 1 heterocycles. The van der Waals surface area contributed by atoms with E-state index in [4.69, 9.17) is 0 Å². The molecule has 1 amide bonds. The number of hydrogen-bond acceptors (Lipinski definition) is 2. The van der Waals surface area contributed by atoms with Crippen LogP contribution in [0.2, 0.25) is 0 Å². The molecule has 4 heteroatoms. The number of carbonyl (C=O) groups excluding carboxylic acids is 1. The molecule has 2 aromatic rings. The van der Waals surface area contributed by atoms with Gasteiger partial charge in [-0.05, 0) is 67.9 Å². The fraction of sp³-hybridized carbons (Fsp3) is 0.350. The molecule has 2 aromatic carbocycles. The molecule has 0 spiro atoms. The summed E-state index contributed by atoms with van der Waals surface area (Å²) in [6.45, 7) is 3.26. The number of nitrogens with zero attached hydrogens (tertiary/aromatic N) is 1. The monoisotopic (exact) mass is 326 g/mol. The molecule has 0 radical (unpaired) electrons. The molecule has 0 saturated carbocycles. The molecule has 0 aromatic heterocycles. The molecule has 24 heavy (non-hydrogen) atoms. The quantitative estimate of drug-likeness (QED) is 0.900. The van der Waals surface area contributed by atoms with Crippen molar-refractivity contribution >= 4 is 11.6 Å². The molecular weight excluding hydrogens is 303 g/mol. The third-order valence-electron chi connectivity index (χ3n) is 4.42. The highest BCUT2D eigenvalue weighted by molar-refractivity contribution is 6.04. The van der Waals surface area contributed by atoms with Crippen molar-refractivity contribution in [2.75, 3.05) is 18.4 Å². The van der Waals surface area contributed by atoms with E-state index in [-0.39, 0.29) is 11.7 Å². The smallest absolute Gasteiger partial charge is 0.255 e. The molecule has 126 valence electrons. The van der Waals surface area contributed by atoms with Gasteiger partial charge < -0.3 is 5.32 Å². The van der Waals surface area contributed by atoms with E-state index in [1.165, 1.54) is 43.4 Å². The molecule has 1 saturated heterocycles. The van der Waals surface area contributed by atoms with Gasteiger partial charge in [-0.15, -0.1) is 0 Å². The second kappa shape index (κ2) is 8.06. The van der Waals surface area contributed by atoms with Crippen molar-refractivity contribution in [1.29, 1.82) is 0 Å². The van der Waals surface area contributed by atoms with Crippen LogP contribution < -0.4 is 5.32 Å². The molecule has 1 aliphatic rings. The highest BCUT2D eigenvalue weighted by atomic mass is 19.1. The molecule has 0 bridgehead atoms. The molecule has 3 rings (SSSR count). The van der Waals surface area contributed by atoms with Crippen molar-refractivity contribution in [3.63, 3.8) is 0 Å². The van der Waals surface area contributed by atoms with Gasteiger partial charge in [0.05, 0.1) is 0 Å². The first-order chi connectivity index (χ1) is 11.7. The zero-order valence-corrected chi connectivity index (χ0v) is 13.8. The van der Waals surface area contributed by atoms with Crippen molar-refractivity contribution in [1.82, 2.24) is 4.90 Å². The summed E-state index contributed by atoms with van der Waals surface area (Å²) in [7, 11) is 0. The van der Waals surface area contributed by atoms with Crippen LogP contribution in [0, 0.1) is 5.82 Å². The molecule has 1 aliphatic heterocycles. The Hall–Kier alpha value is -2.20. The van der Waals surface area contributed by atoms with Crippen LogP contribution in [0.3, 0.4) is 0 Å². The first-order valence-corrected chi connectivity index (χ1v) is 8.59. The number of hydrogen-bond donors (Lipinski definition) is 1. The van der Waals surface area contributed by atoms with Gasteiger partial charge >= 0.3 is 0 Å². The second-order valence-electron chi connectivity index (χ2n) is 6.35. The predicted molar refractivity (Wildman–Crippen MR) is 94.5 cm³/mol. The van der Waals surface area contributed by atoms with Gasteiger partial charge in [0.1, 0.15) is 5.82 Å². The Labute approximate surface area is 142 Å². The highest BCUT2D eigenvalue weighted by Gasteiger charge is 2.10. The SMILES string of the molecule is O=C(Nc1ccc(F)cc1)c1ccc(CN2CCCCCC2)cc1. The summed E-state index contributed by atoms with van der Waals surface area (Å²) in [5, 5.41) is 2.78. The molecule has 0 aliphatic carbocycles. The Bertz CT molecular complexity index is 659. The Kier molecular flexibility index (Phi) is 5.59. The van der Waals surface area contributed by atoms with Crippen LogP contribution in [0.1, 0.15) is 41.6 Å². The lowest BCUT2D eigenvalue weighted by Crippen LogP contribution is -2.24. The minimum absolute atomic E-state index is 0.178. The molecule has 0 atom stereocenters. The largest absolute Gasteiger partial charge is 0.322 e. The van der Waals surface area contributed by atoms with Crippen LogP contribution >= 0.6 is 0 Å². The number of benzene rings is 2. The number of anilines is 1. The van der Waals surface area contributed by atoms with Gasteiger partial charge in [-0.2, -0.15) is 0 Å². The second-order valence-corrected chi connectivity index (χ2v) is 6.35. The maximum Gasteiger partial charge on any atom is 0.255 e. The first kappa shape index (κ1) is 16.7. The molecule has 0 unspecified atom stereocenters. The van der Waals surface area contributed by atoms with Crippen molar-refractivity contribution in [2.24, 2.45) is 0 Å². The van der Waals surface area contributed by atoms with Crippen molar-refractivity contribution in [3.05, 3.63) is 65.5 Å². The van der Waals surface area contributed by atoms with E-state index in [1.54, 1.807) is 12.1 Å². The number of rotatable bonds is 4. The van der Waals surface area contributed by atoms with Gasteiger partial charge in [0, 0.05) is 17.8 Å². The normalized spacial score (nSPS) is 15.7. The Morgan fingerprint density at radius 2 is 1.54 bits per heavy atom. The van der Waals surface area contributed by atoms with Gasteiger partial charge in [-0.3, -0.25) is 9.69 Å². The summed E-state index contributed by atoms with van der Waals surface area (Å²) in [5.74, 6) is -0.492. The lowest BCUT2D eigenvalue weighted by atomic mass is 10.1. The summed E-state index contributed by atoms with van der Waals surface area (Å²) < 4.78 is 12.9. The number of nitrogens with one attached hydrogen (secondary N) is 1. The van der Waals surface area contributed by atoms with Gasteiger partial charge in [-0.1, -0.05) is 25.0 Å². The average molecular weight is 326 g/mol. The summed E-state index contributed by atoms with van der Waals surface area (Å²) in [4.78, 5) is 14.7. The van der Waals surface area contributed by atoms with Crippen molar-refractivity contribution < 1.29 is 9.18 Å². The number of halogens is 1. The minimum Gasteiger partial charge on any atom is -0.322 e. The lowest BCUT2D eigenvalue weighted by molar-refractivity contribution is 0.102. The number of carbonyl (C=O) groups is 1. The van der Waals surface area contributed by atoms with E-state index in [1.807, 2.05) is 24.3 Å². The Morgan fingerprint density at radius 1 is 0.917 bits per heavy atom. The fourth-order valence-electron chi connectivity index (χ4n) is 3.05. The van der Waals surface area contributed by atoms with Gasteiger partial charge in [0.2, 0.25) is 0 Å². The van der Waals surface area contributed by atoms with Crippen LogP contribution in [0.4, 0.5) is 10.1 Å². The highest BCUT2D eigenvalue weighted by Crippen LogP contribution is 2.15. The molecular formula is C20H23FN2O. The van der Waals surface area contributed by atoms with Gasteiger partial charge in [-0.25, -0.2) is 4.39 Å². The topological polar surface area (TPSA) is 32.3 Å². The summed E-state index contributed by atoms with van der Waals surface area (Å²) in [6, 6.07) is 13.5. The van der Waals surface area contributed by atoms with Crippen molar-refractivity contribution in [2.45, 2.75) is 32.2 Å². The van der Waals surface area contributed by atoms with Gasteiger partial charge in [0.25, 0.3) is 5.91 Å². The van der Waals surface area contributed by atoms with Crippen molar-refractivity contribution in [3.8, 4) is 0 Å². The minimum atomic E-state index is -0.314. The maximum atomic E-state index is 12.9. The van der Waals surface area contributed by atoms with Crippen LogP contribution in [-0.4, -0.2) is 23.9 Å². The zero-order chi connectivity index (χ0) is 16.8. The van der Waals surface area contributed by atoms with E-state index < -0.39 is 0 Å². The average Bonchev–Trinajstić information content (AvgIpc) is 2.86. The standard InChI is InChI=1S/C20H23FN2O/c21-18-9-11-19(12-10-18)22-20(24)17-7-5-16(6-8-17)15-23-13-3-1-2-4-14-23/h5-12H,1-4,13-15H2,(H,22,24). The Balaban J connectivity index is 1.58. The van der Waals surface area contributed by atoms with E-state index >= 15 is 0 Å². The maximum absolute atomic E-state index is 12.9. The Morgan fingerprint density at radius 3 is 2.17 bits per heavy atom. The lowest BCUT2D eigenvalue weighted by Gasteiger charge is -2.19. The molecule has 1 fully saturated rings. The van der Waals surface area contributed by atoms with Crippen LogP contribution in [0.25, 0.3) is 0 Å².